The van der Waals surface area contributed by atoms with E-state index >= 15 is 0 Å². The SMILES string of the molecule is CCCCCCCCO.CCCCCCCCO.CCCCCCCCOP(=O)(O)OP(=O)(O)OCCCCCCCC.[O]=[Ti]. The number of hydrogen-bond donors (Lipinski definition) is 4. The number of phosphoric ester groups is 2. The van der Waals surface area contributed by atoms with Crippen molar-refractivity contribution in [3.63, 3.8) is 0 Å². The van der Waals surface area contributed by atoms with Gasteiger partial charge in [-0.1, -0.05) is 156 Å². The summed E-state index contributed by atoms with van der Waals surface area (Å²) in [6.45, 7) is 9.44. The van der Waals surface area contributed by atoms with E-state index < -0.39 is 15.6 Å². The minimum absolute atomic E-state index is 0.0112. The number of hydrogen-bond acceptors (Lipinski definition) is 8. The summed E-state index contributed by atoms with van der Waals surface area (Å²) in [4.78, 5) is 19.0. The maximum atomic E-state index is 11.7. The van der Waals surface area contributed by atoms with Crippen molar-refractivity contribution in [2.45, 2.75) is 182 Å². The monoisotopic (exact) mass is 726 g/mol. The van der Waals surface area contributed by atoms with Crippen molar-refractivity contribution in [2.75, 3.05) is 26.4 Å². The van der Waals surface area contributed by atoms with E-state index in [0.717, 1.165) is 84.6 Å². The van der Waals surface area contributed by atoms with Gasteiger partial charge in [-0.05, 0) is 25.7 Å². The van der Waals surface area contributed by atoms with Crippen LogP contribution in [0.25, 0.3) is 0 Å². The van der Waals surface area contributed by atoms with Crippen LogP contribution in [0.4, 0.5) is 0 Å². The molecule has 0 saturated carbocycles. The fourth-order valence-corrected chi connectivity index (χ4v) is 6.23. The van der Waals surface area contributed by atoms with Gasteiger partial charge in [-0.15, -0.1) is 0 Å². The number of phosphoric acid groups is 2. The zero-order valence-corrected chi connectivity index (χ0v) is 32.8. The third-order valence-electron chi connectivity index (χ3n) is 6.73. The van der Waals surface area contributed by atoms with Gasteiger partial charge in [0.15, 0.2) is 0 Å². The molecule has 0 aliphatic carbocycles. The van der Waals surface area contributed by atoms with Crippen molar-refractivity contribution >= 4 is 15.6 Å². The molecular weight excluding hydrogens is 654 g/mol. The summed E-state index contributed by atoms with van der Waals surface area (Å²) in [5.41, 5.74) is 0. The molecule has 274 valence electrons. The standard InChI is InChI=1S/C16H36O7P2.2C8H18O.O.Ti/c1-3-5-7-9-11-13-15-21-24(17,18)23-25(19,20)22-16-14-12-10-8-6-4-2;2*1-2-3-4-5-6-7-8-9;;/h3-16H2,1-2H3,(H,17,18)(H,19,20);2*9H,2-8H2,1H3;;. The Balaban J connectivity index is -0.000000342. The van der Waals surface area contributed by atoms with Gasteiger partial charge in [0, 0.05) is 13.2 Å². The molecule has 45 heavy (non-hydrogen) atoms. The fourth-order valence-electron chi connectivity index (χ4n) is 4.09. The zero-order chi connectivity index (χ0) is 34.9. The van der Waals surface area contributed by atoms with Crippen LogP contribution in [-0.2, 0) is 46.2 Å². The molecule has 0 aromatic heterocycles. The average Bonchev–Trinajstić information content (AvgIpc) is 3.01. The second kappa shape index (κ2) is 44.7. The summed E-state index contributed by atoms with van der Waals surface area (Å²) in [5.74, 6) is 0. The van der Waals surface area contributed by atoms with Crippen LogP contribution in [0.3, 0.4) is 0 Å². The van der Waals surface area contributed by atoms with Gasteiger partial charge in [-0.3, -0.25) is 9.05 Å². The molecule has 4 N–H and O–H groups in total. The fraction of sp³-hybridized carbons (Fsp3) is 1.00. The molecule has 0 radical (unpaired) electrons. The predicted molar refractivity (Wildman–Crippen MR) is 181 cm³/mol. The molecule has 0 spiro atoms. The maximum absolute atomic E-state index is 11.7. The van der Waals surface area contributed by atoms with Crippen LogP contribution in [0.15, 0.2) is 0 Å². The topological polar surface area (TPSA) is 160 Å². The van der Waals surface area contributed by atoms with E-state index in [4.69, 9.17) is 22.6 Å². The molecule has 0 fully saturated rings. The molecule has 10 nitrogen and oxygen atoms in total. The Morgan fingerprint density at radius 1 is 0.422 bits per heavy atom. The van der Waals surface area contributed by atoms with Crippen LogP contribution in [-0.4, -0.2) is 46.4 Å². The summed E-state index contributed by atoms with van der Waals surface area (Å²) in [5, 5.41) is 16.8. The van der Waals surface area contributed by atoms with Gasteiger partial charge in [-0.25, -0.2) is 9.13 Å². The van der Waals surface area contributed by atoms with Gasteiger partial charge in [0.2, 0.25) is 0 Å². The summed E-state index contributed by atoms with van der Waals surface area (Å²) >= 11 is 0.750. The van der Waals surface area contributed by atoms with Crippen molar-refractivity contribution in [3.05, 3.63) is 0 Å². The minimum atomic E-state index is -4.58. The number of aliphatic hydroxyl groups is 2. The van der Waals surface area contributed by atoms with Crippen LogP contribution in [0.5, 0.6) is 0 Å². The molecule has 0 aromatic rings. The Labute approximate surface area is 289 Å². The Morgan fingerprint density at radius 2 is 0.644 bits per heavy atom. The quantitative estimate of drug-likeness (QED) is 0.0319. The molecule has 0 aliphatic rings. The van der Waals surface area contributed by atoms with E-state index in [2.05, 4.69) is 32.0 Å². The Morgan fingerprint density at radius 3 is 0.889 bits per heavy atom. The Kier molecular flexibility index (Phi) is 52.1. The Bertz CT molecular complexity index is 571. The molecule has 2 atom stereocenters. The van der Waals surface area contributed by atoms with Crippen LogP contribution >= 0.6 is 15.6 Å². The third-order valence-corrected chi connectivity index (χ3v) is 9.40. The molecule has 0 saturated heterocycles. The second-order valence-corrected chi connectivity index (χ2v) is 14.2. The van der Waals surface area contributed by atoms with E-state index in [9.17, 15) is 18.9 Å². The van der Waals surface area contributed by atoms with Crippen LogP contribution in [0, 0.1) is 0 Å². The second-order valence-electron chi connectivity index (χ2n) is 11.2. The normalized spacial score (nSPS) is 13.2. The molecule has 0 bridgehead atoms. The predicted octanol–water partition coefficient (Wildman–Crippen LogP) is 10.5. The van der Waals surface area contributed by atoms with Crippen molar-refractivity contribution < 1.29 is 66.2 Å². The Hall–Kier alpha value is 0.694. The molecular formula is C32H72O10P2Ti. The van der Waals surface area contributed by atoms with Crippen molar-refractivity contribution in [1.29, 1.82) is 0 Å². The van der Waals surface area contributed by atoms with Crippen LogP contribution in [0.2, 0.25) is 0 Å². The molecule has 13 heteroatoms. The van der Waals surface area contributed by atoms with E-state index in [1.54, 1.807) is 0 Å². The van der Waals surface area contributed by atoms with Crippen LogP contribution < -0.4 is 0 Å². The first-order chi connectivity index (χ1) is 21.7. The summed E-state index contributed by atoms with van der Waals surface area (Å²) in [6.07, 6.45) is 26.9. The summed E-state index contributed by atoms with van der Waals surface area (Å²) in [7, 11) is -9.17. The van der Waals surface area contributed by atoms with E-state index in [1.165, 1.54) is 77.0 Å². The average molecular weight is 727 g/mol. The summed E-state index contributed by atoms with van der Waals surface area (Å²) < 4.78 is 45.3. The van der Waals surface area contributed by atoms with Gasteiger partial charge in [0.05, 0.1) is 13.2 Å². The first-order valence-corrected chi connectivity index (χ1v) is 21.4. The number of unbranched alkanes of at least 4 members (excludes halogenated alkanes) is 20. The van der Waals surface area contributed by atoms with Crippen molar-refractivity contribution in [1.82, 2.24) is 0 Å². The molecule has 0 heterocycles. The van der Waals surface area contributed by atoms with E-state index in [-0.39, 0.29) is 13.2 Å². The van der Waals surface area contributed by atoms with E-state index in [0.29, 0.717) is 26.1 Å². The van der Waals surface area contributed by atoms with Gasteiger partial charge in [-0.2, -0.15) is 4.31 Å². The molecule has 0 aliphatic heterocycles. The van der Waals surface area contributed by atoms with Gasteiger partial charge in [0.25, 0.3) is 0 Å². The van der Waals surface area contributed by atoms with Gasteiger partial charge >= 0.3 is 39.4 Å². The molecule has 0 rings (SSSR count). The molecule has 0 amide bonds. The first-order valence-electron chi connectivity index (χ1n) is 17.7. The zero-order valence-electron chi connectivity index (χ0n) is 29.4. The molecule has 0 aromatic carbocycles. The van der Waals surface area contributed by atoms with Gasteiger partial charge in [0.1, 0.15) is 0 Å². The number of rotatable bonds is 30. The molecule has 2 unspecified atom stereocenters. The van der Waals surface area contributed by atoms with Crippen LogP contribution in [0.1, 0.15) is 182 Å². The van der Waals surface area contributed by atoms with Gasteiger partial charge < -0.3 is 20.0 Å². The third kappa shape index (κ3) is 54.4. The summed E-state index contributed by atoms with van der Waals surface area (Å²) in [6, 6.07) is 0. The van der Waals surface area contributed by atoms with Crippen molar-refractivity contribution in [2.24, 2.45) is 0 Å². The first kappa shape index (κ1) is 52.5. The number of aliphatic hydroxyl groups excluding tert-OH is 2. The van der Waals surface area contributed by atoms with Crippen molar-refractivity contribution in [3.8, 4) is 0 Å². The van der Waals surface area contributed by atoms with E-state index in [1.807, 2.05) is 0 Å².